The van der Waals surface area contributed by atoms with Crippen LogP contribution < -0.4 is 10.6 Å². The third-order valence-corrected chi connectivity index (χ3v) is 4.02. The van der Waals surface area contributed by atoms with Gasteiger partial charge in [0.05, 0.1) is 5.41 Å². The van der Waals surface area contributed by atoms with Crippen molar-refractivity contribution in [3.63, 3.8) is 0 Å². The molecule has 1 amide bonds. The molecular weight excluding hydrogens is 285 g/mol. The first kappa shape index (κ1) is 14.6. The molecule has 0 saturated carbocycles. The second kappa shape index (κ2) is 5.84. The molecule has 3 rings (SSSR count). The first-order valence-corrected chi connectivity index (χ1v) is 7.25. The molecule has 0 bridgehead atoms. The van der Waals surface area contributed by atoms with E-state index >= 15 is 0 Å². The van der Waals surface area contributed by atoms with Crippen LogP contribution >= 0.6 is 0 Å². The number of aromatic nitrogens is 3. The number of nitrogens with zero attached hydrogens (tertiary/aromatic N) is 3. The van der Waals surface area contributed by atoms with E-state index in [0.29, 0.717) is 17.9 Å². The van der Waals surface area contributed by atoms with Crippen LogP contribution in [0.3, 0.4) is 0 Å². The lowest BCUT2D eigenvalue weighted by Gasteiger charge is -2.32. The molecule has 0 spiro atoms. The molecule has 2 aromatic rings. The summed E-state index contributed by atoms with van der Waals surface area (Å²) in [5.74, 6) is -0.553. The van der Waals surface area contributed by atoms with Gasteiger partial charge in [0, 0.05) is 12.2 Å². The lowest BCUT2D eigenvalue weighted by atomic mass is 9.82. The van der Waals surface area contributed by atoms with Crippen LogP contribution in [0.2, 0.25) is 0 Å². The van der Waals surface area contributed by atoms with E-state index in [0.717, 1.165) is 19.4 Å². The number of nitrogens with one attached hydrogen (secondary N) is 2. The number of anilines is 1. The van der Waals surface area contributed by atoms with E-state index in [-0.39, 0.29) is 5.91 Å². The molecule has 1 atom stereocenters. The number of carbonyl (C=O) groups is 1. The van der Waals surface area contributed by atoms with Crippen LogP contribution in [-0.2, 0) is 4.79 Å². The molecule has 0 aliphatic carbocycles. The van der Waals surface area contributed by atoms with Gasteiger partial charge in [-0.15, -0.1) is 0 Å². The molecule has 7 heteroatoms. The van der Waals surface area contributed by atoms with Crippen LogP contribution in [0.25, 0.3) is 5.69 Å². The molecule has 1 aliphatic heterocycles. The van der Waals surface area contributed by atoms with Crippen LogP contribution in [0.5, 0.6) is 0 Å². The number of rotatable bonds is 3. The smallest absolute Gasteiger partial charge is 0.231 e. The Hall–Kier alpha value is -2.28. The number of hydrogen-bond donors (Lipinski definition) is 2. The van der Waals surface area contributed by atoms with Crippen LogP contribution in [0.15, 0.2) is 30.9 Å². The Morgan fingerprint density at radius 1 is 1.50 bits per heavy atom. The third kappa shape index (κ3) is 2.85. The fraction of sp³-hybridized carbons (Fsp3) is 0.400. The van der Waals surface area contributed by atoms with Crippen LogP contribution in [-0.4, -0.2) is 33.8 Å². The van der Waals surface area contributed by atoms with E-state index < -0.39 is 11.2 Å². The van der Waals surface area contributed by atoms with Crippen LogP contribution in [0.1, 0.15) is 19.8 Å². The third-order valence-electron chi connectivity index (χ3n) is 4.02. The summed E-state index contributed by atoms with van der Waals surface area (Å²) in [4.78, 5) is 16.2. The quantitative estimate of drug-likeness (QED) is 0.906. The van der Waals surface area contributed by atoms with E-state index in [1.54, 1.807) is 12.1 Å². The Balaban J connectivity index is 1.76. The predicted molar refractivity (Wildman–Crippen MR) is 80.2 cm³/mol. The summed E-state index contributed by atoms with van der Waals surface area (Å²) in [6, 6.07) is 4.53. The summed E-state index contributed by atoms with van der Waals surface area (Å²) in [6.45, 7) is 3.50. The molecule has 1 aromatic carbocycles. The second-order valence-corrected chi connectivity index (χ2v) is 5.80. The van der Waals surface area contributed by atoms with Gasteiger partial charge in [-0.1, -0.05) is 0 Å². The molecule has 116 valence electrons. The predicted octanol–water partition coefficient (Wildman–Crippen LogP) is 1.73. The zero-order valence-electron chi connectivity index (χ0n) is 12.3. The van der Waals surface area contributed by atoms with Crippen molar-refractivity contribution >= 4 is 11.6 Å². The minimum absolute atomic E-state index is 0.0902. The number of hydrogen-bond acceptors (Lipinski definition) is 4. The molecule has 1 fully saturated rings. The van der Waals surface area contributed by atoms with Crippen LogP contribution in [0.4, 0.5) is 10.1 Å². The zero-order valence-corrected chi connectivity index (χ0v) is 12.3. The number of amides is 1. The van der Waals surface area contributed by atoms with E-state index in [9.17, 15) is 9.18 Å². The van der Waals surface area contributed by atoms with Gasteiger partial charge in [-0.2, -0.15) is 5.10 Å². The largest absolute Gasteiger partial charge is 0.325 e. The minimum Gasteiger partial charge on any atom is -0.325 e. The number of piperidine rings is 1. The Morgan fingerprint density at radius 3 is 3.00 bits per heavy atom. The molecule has 2 N–H and O–H groups in total. The van der Waals surface area contributed by atoms with Gasteiger partial charge in [0.25, 0.3) is 0 Å². The van der Waals surface area contributed by atoms with Crippen molar-refractivity contribution in [1.82, 2.24) is 20.1 Å². The SMILES string of the molecule is CC1(C(=O)Nc2ccc(-n3cncn3)c(F)c2)CCCNC1. The van der Waals surface area contributed by atoms with Crippen LogP contribution in [0, 0.1) is 11.2 Å². The number of halogens is 1. The molecule has 1 aliphatic rings. The highest BCUT2D eigenvalue weighted by Gasteiger charge is 2.34. The summed E-state index contributed by atoms with van der Waals surface area (Å²) in [5.41, 5.74) is 0.276. The maximum Gasteiger partial charge on any atom is 0.231 e. The fourth-order valence-electron chi connectivity index (χ4n) is 2.64. The molecule has 22 heavy (non-hydrogen) atoms. The standard InChI is InChI=1S/C15H18FN5O/c1-15(5-2-6-17-8-15)14(22)20-11-3-4-13(12(16)7-11)21-10-18-9-19-21/h3-4,7,9-10,17H,2,5-6,8H2,1H3,(H,20,22). The lowest BCUT2D eigenvalue weighted by molar-refractivity contribution is -0.125. The molecule has 2 heterocycles. The first-order chi connectivity index (χ1) is 10.6. The summed E-state index contributed by atoms with van der Waals surface area (Å²) in [5, 5.41) is 9.92. The second-order valence-electron chi connectivity index (χ2n) is 5.80. The van der Waals surface area contributed by atoms with Crippen molar-refractivity contribution < 1.29 is 9.18 Å². The highest BCUT2D eigenvalue weighted by Crippen LogP contribution is 2.27. The monoisotopic (exact) mass is 303 g/mol. The zero-order chi connectivity index (χ0) is 15.6. The highest BCUT2D eigenvalue weighted by atomic mass is 19.1. The van der Waals surface area contributed by atoms with Crippen molar-refractivity contribution in [2.24, 2.45) is 5.41 Å². The maximum atomic E-state index is 14.1. The van der Waals surface area contributed by atoms with E-state index in [1.165, 1.54) is 23.4 Å². The number of carbonyl (C=O) groups excluding carboxylic acids is 1. The molecule has 1 aromatic heterocycles. The van der Waals surface area contributed by atoms with Gasteiger partial charge >= 0.3 is 0 Å². The molecule has 6 nitrogen and oxygen atoms in total. The van der Waals surface area contributed by atoms with Gasteiger partial charge in [0.15, 0.2) is 5.82 Å². The van der Waals surface area contributed by atoms with Crippen molar-refractivity contribution in [3.8, 4) is 5.69 Å². The Labute approximate surface area is 127 Å². The molecular formula is C15H18FN5O. The minimum atomic E-state index is -0.463. The van der Waals surface area contributed by atoms with Gasteiger partial charge in [-0.25, -0.2) is 14.1 Å². The van der Waals surface area contributed by atoms with Gasteiger partial charge in [0.1, 0.15) is 18.3 Å². The Morgan fingerprint density at radius 2 is 2.36 bits per heavy atom. The summed E-state index contributed by atoms with van der Waals surface area (Å²) in [7, 11) is 0. The fourth-order valence-corrected chi connectivity index (χ4v) is 2.64. The van der Waals surface area contributed by atoms with Crippen molar-refractivity contribution in [1.29, 1.82) is 0 Å². The highest BCUT2D eigenvalue weighted by molar-refractivity contribution is 5.95. The van der Waals surface area contributed by atoms with E-state index in [2.05, 4.69) is 20.7 Å². The summed E-state index contributed by atoms with van der Waals surface area (Å²) < 4.78 is 15.5. The maximum absolute atomic E-state index is 14.1. The lowest BCUT2D eigenvalue weighted by Crippen LogP contribution is -2.46. The molecule has 1 unspecified atom stereocenters. The normalized spacial score (nSPS) is 21.5. The molecule has 0 radical (unpaired) electrons. The Kier molecular flexibility index (Phi) is 3.89. The van der Waals surface area contributed by atoms with Gasteiger partial charge in [0.2, 0.25) is 5.91 Å². The van der Waals surface area contributed by atoms with Gasteiger partial charge in [-0.3, -0.25) is 4.79 Å². The van der Waals surface area contributed by atoms with E-state index in [4.69, 9.17) is 0 Å². The van der Waals surface area contributed by atoms with Crippen molar-refractivity contribution in [2.45, 2.75) is 19.8 Å². The Bertz CT molecular complexity index is 665. The number of benzene rings is 1. The van der Waals surface area contributed by atoms with Gasteiger partial charge in [-0.05, 0) is 44.5 Å². The average Bonchev–Trinajstić information content (AvgIpc) is 3.02. The van der Waals surface area contributed by atoms with Crippen molar-refractivity contribution in [3.05, 3.63) is 36.7 Å². The topological polar surface area (TPSA) is 71.8 Å². The summed E-state index contributed by atoms with van der Waals surface area (Å²) in [6.07, 6.45) is 4.55. The average molecular weight is 303 g/mol. The molecule has 1 saturated heterocycles. The van der Waals surface area contributed by atoms with Gasteiger partial charge < -0.3 is 10.6 Å². The van der Waals surface area contributed by atoms with E-state index in [1.807, 2.05) is 6.92 Å². The van der Waals surface area contributed by atoms with Crippen molar-refractivity contribution in [2.75, 3.05) is 18.4 Å². The first-order valence-electron chi connectivity index (χ1n) is 7.25. The summed E-state index contributed by atoms with van der Waals surface area (Å²) >= 11 is 0.